The predicted octanol–water partition coefficient (Wildman–Crippen LogP) is 1.15. The highest BCUT2D eigenvalue weighted by molar-refractivity contribution is 5.91. The first-order chi connectivity index (χ1) is 8.16. The lowest BCUT2D eigenvalue weighted by atomic mass is 10.2. The number of aromatic nitrogens is 1. The monoisotopic (exact) mass is 238 g/mol. The molecule has 2 rings (SSSR count). The highest BCUT2D eigenvalue weighted by atomic mass is 16.5. The van der Waals surface area contributed by atoms with Crippen molar-refractivity contribution >= 4 is 11.9 Å². The molecule has 6 heteroatoms. The van der Waals surface area contributed by atoms with Gasteiger partial charge in [0.15, 0.2) is 0 Å². The molecule has 1 amide bonds. The van der Waals surface area contributed by atoms with Crippen LogP contribution in [-0.4, -0.2) is 28.7 Å². The Morgan fingerprint density at radius 3 is 2.94 bits per heavy atom. The van der Waals surface area contributed by atoms with Crippen LogP contribution in [0, 0.1) is 0 Å². The second kappa shape index (κ2) is 4.99. The molecule has 0 aliphatic heterocycles. The smallest absolute Gasteiger partial charge is 0.303 e. The number of carbonyl (C=O) groups excluding carboxylic acids is 1. The third-order valence-corrected chi connectivity index (χ3v) is 2.60. The molecule has 1 aliphatic rings. The van der Waals surface area contributed by atoms with Gasteiger partial charge >= 0.3 is 5.97 Å². The van der Waals surface area contributed by atoms with Crippen LogP contribution in [0.25, 0.3) is 0 Å². The van der Waals surface area contributed by atoms with E-state index in [1.165, 1.54) is 0 Å². The van der Waals surface area contributed by atoms with Crippen LogP contribution in [0.4, 0.5) is 0 Å². The average Bonchev–Trinajstić information content (AvgIpc) is 3.02. The Kier molecular flexibility index (Phi) is 3.41. The van der Waals surface area contributed by atoms with Gasteiger partial charge < -0.3 is 14.9 Å². The van der Waals surface area contributed by atoms with Crippen molar-refractivity contribution in [3.63, 3.8) is 0 Å². The Morgan fingerprint density at radius 2 is 2.29 bits per heavy atom. The highest BCUT2D eigenvalue weighted by Crippen LogP contribution is 2.39. The molecule has 1 heterocycles. The fourth-order valence-electron chi connectivity index (χ4n) is 1.50. The maximum atomic E-state index is 11.6. The van der Waals surface area contributed by atoms with E-state index in [1.807, 2.05) is 0 Å². The summed E-state index contributed by atoms with van der Waals surface area (Å²) >= 11 is 0. The summed E-state index contributed by atoms with van der Waals surface area (Å²) in [6, 6.07) is 1.66. The molecule has 1 aliphatic carbocycles. The Balaban J connectivity index is 1.76. The van der Waals surface area contributed by atoms with Gasteiger partial charge in [0.1, 0.15) is 0 Å². The number of aliphatic carboxylic acids is 1. The normalized spacial score (nSPS) is 14.6. The topological polar surface area (TPSA) is 92.4 Å². The lowest BCUT2D eigenvalue weighted by molar-refractivity contribution is -0.137. The maximum Gasteiger partial charge on any atom is 0.303 e. The van der Waals surface area contributed by atoms with Gasteiger partial charge in [0.2, 0.25) is 5.76 Å². The van der Waals surface area contributed by atoms with Gasteiger partial charge in [-0.05, 0) is 19.3 Å². The number of nitrogens with one attached hydrogen (secondary N) is 1. The zero-order valence-corrected chi connectivity index (χ0v) is 9.31. The molecular weight excluding hydrogens is 224 g/mol. The van der Waals surface area contributed by atoms with E-state index in [0.717, 1.165) is 18.5 Å². The molecule has 0 aromatic carbocycles. The van der Waals surface area contributed by atoms with Crippen molar-refractivity contribution in [3.8, 4) is 0 Å². The van der Waals surface area contributed by atoms with E-state index in [2.05, 4.69) is 10.5 Å². The zero-order valence-electron chi connectivity index (χ0n) is 9.31. The zero-order chi connectivity index (χ0) is 12.3. The first-order valence-electron chi connectivity index (χ1n) is 5.63. The molecular formula is C11H14N2O4. The average molecular weight is 238 g/mol. The number of nitrogens with zero attached hydrogens (tertiary/aromatic N) is 1. The minimum absolute atomic E-state index is 0.0456. The van der Waals surface area contributed by atoms with Gasteiger partial charge in [0.25, 0.3) is 5.91 Å². The van der Waals surface area contributed by atoms with E-state index in [1.54, 1.807) is 6.07 Å². The predicted molar refractivity (Wildman–Crippen MR) is 57.7 cm³/mol. The molecule has 0 radical (unpaired) electrons. The molecule has 17 heavy (non-hydrogen) atoms. The summed E-state index contributed by atoms with van der Waals surface area (Å²) in [7, 11) is 0. The van der Waals surface area contributed by atoms with Crippen LogP contribution in [0.3, 0.4) is 0 Å². The minimum Gasteiger partial charge on any atom is -0.481 e. The summed E-state index contributed by atoms with van der Waals surface area (Å²) in [6.07, 6.45) is 2.66. The van der Waals surface area contributed by atoms with Crippen molar-refractivity contribution in [2.24, 2.45) is 0 Å². The van der Waals surface area contributed by atoms with Gasteiger partial charge in [-0.1, -0.05) is 5.16 Å². The lowest BCUT2D eigenvalue weighted by Gasteiger charge is -1.99. The fourth-order valence-corrected chi connectivity index (χ4v) is 1.50. The lowest BCUT2D eigenvalue weighted by Crippen LogP contribution is -2.24. The van der Waals surface area contributed by atoms with E-state index in [9.17, 15) is 9.59 Å². The standard InChI is InChI=1S/C11H14N2O4/c14-10(15)2-1-5-12-11(16)9-6-8(13-17-9)7-3-4-7/h6-7H,1-5H2,(H,12,16)(H,14,15). The van der Waals surface area contributed by atoms with Crippen LogP contribution < -0.4 is 5.32 Å². The largest absolute Gasteiger partial charge is 0.481 e. The van der Waals surface area contributed by atoms with E-state index in [0.29, 0.717) is 18.9 Å². The van der Waals surface area contributed by atoms with Crippen molar-refractivity contribution < 1.29 is 19.2 Å². The Labute approximate surface area is 98.0 Å². The van der Waals surface area contributed by atoms with Gasteiger partial charge in [-0.2, -0.15) is 0 Å². The van der Waals surface area contributed by atoms with Gasteiger partial charge in [-0.15, -0.1) is 0 Å². The first-order valence-corrected chi connectivity index (χ1v) is 5.63. The van der Waals surface area contributed by atoms with Crippen molar-refractivity contribution in [1.29, 1.82) is 0 Å². The third kappa shape index (κ3) is 3.30. The summed E-state index contributed by atoms with van der Waals surface area (Å²) in [5.74, 6) is -0.556. The Morgan fingerprint density at radius 1 is 1.53 bits per heavy atom. The van der Waals surface area contributed by atoms with Crippen LogP contribution in [0.5, 0.6) is 0 Å². The second-order valence-electron chi connectivity index (χ2n) is 4.14. The Hall–Kier alpha value is -1.85. The van der Waals surface area contributed by atoms with E-state index >= 15 is 0 Å². The van der Waals surface area contributed by atoms with Gasteiger partial charge in [-0.3, -0.25) is 9.59 Å². The summed E-state index contributed by atoms with van der Waals surface area (Å²) in [5.41, 5.74) is 0.834. The second-order valence-corrected chi connectivity index (χ2v) is 4.14. The molecule has 1 saturated carbocycles. The summed E-state index contributed by atoms with van der Waals surface area (Å²) in [6.45, 7) is 0.324. The molecule has 0 saturated heterocycles. The fraction of sp³-hybridized carbons (Fsp3) is 0.545. The number of amides is 1. The molecule has 1 aromatic heterocycles. The van der Waals surface area contributed by atoms with Crippen LogP contribution in [0.2, 0.25) is 0 Å². The Bertz CT molecular complexity index is 423. The number of hydrogen-bond donors (Lipinski definition) is 2. The molecule has 0 bridgehead atoms. The van der Waals surface area contributed by atoms with Crippen LogP contribution in [0.15, 0.2) is 10.6 Å². The highest BCUT2D eigenvalue weighted by Gasteiger charge is 2.28. The van der Waals surface area contributed by atoms with E-state index in [-0.39, 0.29) is 18.1 Å². The molecule has 2 N–H and O–H groups in total. The van der Waals surface area contributed by atoms with Crippen molar-refractivity contribution in [2.75, 3.05) is 6.54 Å². The minimum atomic E-state index is -0.866. The number of carboxylic acids is 1. The van der Waals surface area contributed by atoms with Crippen molar-refractivity contribution in [2.45, 2.75) is 31.6 Å². The first kappa shape index (κ1) is 11.6. The molecule has 92 valence electrons. The third-order valence-electron chi connectivity index (χ3n) is 2.60. The van der Waals surface area contributed by atoms with E-state index in [4.69, 9.17) is 9.63 Å². The summed E-state index contributed by atoms with van der Waals surface area (Å²) in [4.78, 5) is 21.8. The van der Waals surface area contributed by atoms with Crippen molar-refractivity contribution in [1.82, 2.24) is 10.5 Å². The molecule has 1 aromatic rings. The number of hydrogen-bond acceptors (Lipinski definition) is 4. The quantitative estimate of drug-likeness (QED) is 0.725. The number of rotatable bonds is 6. The van der Waals surface area contributed by atoms with Gasteiger partial charge in [0.05, 0.1) is 5.69 Å². The van der Waals surface area contributed by atoms with E-state index < -0.39 is 5.97 Å². The maximum absolute atomic E-state index is 11.6. The number of carbonyl (C=O) groups is 2. The summed E-state index contributed by atoms with van der Waals surface area (Å²) in [5, 5.41) is 14.8. The molecule has 0 unspecified atom stereocenters. The molecule has 6 nitrogen and oxygen atoms in total. The van der Waals surface area contributed by atoms with Crippen LogP contribution in [0.1, 0.15) is 47.8 Å². The molecule has 0 spiro atoms. The SMILES string of the molecule is O=C(O)CCCNC(=O)c1cc(C2CC2)no1. The number of carboxylic acid groups (broad SMARTS) is 1. The van der Waals surface area contributed by atoms with Gasteiger partial charge in [-0.25, -0.2) is 0 Å². The van der Waals surface area contributed by atoms with Crippen molar-refractivity contribution in [3.05, 3.63) is 17.5 Å². The van der Waals surface area contributed by atoms with Crippen LogP contribution in [-0.2, 0) is 4.79 Å². The molecule has 1 fully saturated rings. The summed E-state index contributed by atoms with van der Waals surface area (Å²) < 4.78 is 4.93. The van der Waals surface area contributed by atoms with Gasteiger partial charge in [0, 0.05) is 24.9 Å². The van der Waals surface area contributed by atoms with Crippen LogP contribution >= 0.6 is 0 Å². The molecule has 0 atom stereocenters.